The molecular weight excluding hydrogens is 450 g/mol. The summed E-state index contributed by atoms with van der Waals surface area (Å²) in [6.07, 6.45) is 0.750. The van der Waals surface area contributed by atoms with Gasteiger partial charge in [0.15, 0.2) is 0 Å². The molecule has 0 saturated carbocycles. The van der Waals surface area contributed by atoms with E-state index < -0.39 is 11.0 Å². The highest BCUT2D eigenvalue weighted by molar-refractivity contribution is 6.00. The summed E-state index contributed by atoms with van der Waals surface area (Å²) in [6.45, 7) is 6.36. The minimum atomic E-state index is -0.559. The summed E-state index contributed by atoms with van der Waals surface area (Å²) in [5, 5.41) is 29.3. The number of benzene rings is 2. The summed E-state index contributed by atoms with van der Waals surface area (Å²) < 4.78 is 5.41. The zero-order chi connectivity index (χ0) is 24.5. The van der Waals surface area contributed by atoms with Crippen molar-refractivity contribution in [1.82, 2.24) is 20.0 Å². The van der Waals surface area contributed by atoms with Gasteiger partial charge in [-0.2, -0.15) is 5.10 Å². The number of nitrogens with one attached hydrogen (secondary N) is 1. The summed E-state index contributed by atoms with van der Waals surface area (Å²) in [7, 11) is 0. The van der Waals surface area contributed by atoms with Crippen LogP contribution in [0.15, 0.2) is 42.5 Å². The molecule has 1 fully saturated rings. The van der Waals surface area contributed by atoms with Gasteiger partial charge in [0.25, 0.3) is 11.6 Å². The Kier molecular flexibility index (Phi) is 6.23. The van der Waals surface area contributed by atoms with Crippen molar-refractivity contribution in [3.8, 4) is 17.0 Å². The molecule has 1 atom stereocenters. The smallest absolute Gasteiger partial charge is 0.273 e. The van der Waals surface area contributed by atoms with Crippen molar-refractivity contribution >= 4 is 11.6 Å². The van der Waals surface area contributed by atoms with Gasteiger partial charge in [0.05, 0.1) is 24.2 Å². The molecule has 182 valence electrons. The van der Waals surface area contributed by atoms with Crippen LogP contribution in [0.1, 0.15) is 39.6 Å². The number of nitro benzene ring substituents is 1. The Morgan fingerprint density at radius 1 is 1.20 bits per heavy atom. The van der Waals surface area contributed by atoms with Gasteiger partial charge in [0.2, 0.25) is 0 Å². The molecule has 0 aliphatic carbocycles. The minimum Gasteiger partial charge on any atom is -0.507 e. The van der Waals surface area contributed by atoms with E-state index in [0.29, 0.717) is 47.8 Å². The predicted octanol–water partition coefficient (Wildman–Crippen LogP) is 3.27. The van der Waals surface area contributed by atoms with Gasteiger partial charge in [-0.15, -0.1) is 0 Å². The maximum absolute atomic E-state index is 13.5. The first kappa shape index (κ1) is 23.0. The zero-order valence-electron chi connectivity index (χ0n) is 19.4. The molecule has 1 amide bonds. The number of phenolic OH excluding ortho intramolecular Hbond substituents is 1. The molecule has 2 aromatic carbocycles. The molecule has 3 heterocycles. The molecular formula is C25H27N5O5. The van der Waals surface area contributed by atoms with E-state index in [4.69, 9.17) is 4.74 Å². The third kappa shape index (κ3) is 4.38. The Labute approximate surface area is 202 Å². The first-order valence-electron chi connectivity index (χ1n) is 11.7. The van der Waals surface area contributed by atoms with Crippen molar-refractivity contribution in [1.29, 1.82) is 0 Å². The van der Waals surface area contributed by atoms with Crippen LogP contribution < -0.4 is 0 Å². The van der Waals surface area contributed by atoms with Crippen LogP contribution in [0.4, 0.5) is 5.69 Å². The van der Waals surface area contributed by atoms with Gasteiger partial charge in [-0.05, 0) is 31.0 Å². The fourth-order valence-electron chi connectivity index (χ4n) is 4.92. The van der Waals surface area contributed by atoms with Gasteiger partial charge < -0.3 is 14.7 Å². The second kappa shape index (κ2) is 9.47. The normalized spacial score (nSPS) is 18.1. The number of amides is 1. The largest absolute Gasteiger partial charge is 0.507 e. The van der Waals surface area contributed by atoms with Crippen LogP contribution in [-0.4, -0.2) is 75.3 Å². The number of morpholine rings is 1. The fraction of sp³-hybridized carbons (Fsp3) is 0.360. The number of carbonyl (C=O) groups excluding carboxylic acids is 1. The van der Waals surface area contributed by atoms with Crippen molar-refractivity contribution in [3.63, 3.8) is 0 Å². The topological polar surface area (TPSA) is 125 Å². The Morgan fingerprint density at radius 3 is 2.77 bits per heavy atom. The van der Waals surface area contributed by atoms with Gasteiger partial charge in [-0.25, -0.2) is 0 Å². The van der Waals surface area contributed by atoms with Gasteiger partial charge in [-0.1, -0.05) is 23.8 Å². The number of rotatable bonds is 7. The summed E-state index contributed by atoms with van der Waals surface area (Å²) >= 11 is 0. The number of phenols is 1. The maximum Gasteiger partial charge on any atom is 0.273 e. The Bertz CT molecular complexity index is 1270. The van der Waals surface area contributed by atoms with Crippen LogP contribution in [0, 0.1) is 17.0 Å². The average molecular weight is 478 g/mol. The van der Waals surface area contributed by atoms with Crippen LogP contribution >= 0.6 is 0 Å². The van der Waals surface area contributed by atoms with Crippen LogP contribution in [0.3, 0.4) is 0 Å². The highest BCUT2D eigenvalue weighted by atomic mass is 16.6. The summed E-state index contributed by atoms with van der Waals surface area (Å²) in [6, 6.07) is 11.0. The second-order valence-corrected chi connectivity index (χ2v) is 8.94. The molecule has 2 N–H and O–H groups in total. The van der Waals surface area contributed by atoms with E-state index in [1.165, 1.54) is 12.1 Å². The maximum atomic E-state index is 13.5. The summed E-state index contributed by atoms with van der Waals surface area (Å²) in [5.41, 5.74) is 3.50. The molecule has 10 heteroatoms. The van der Waals surface area contributed by atoms with E-state index in [9.17, 15) is 20.0 Å². The number of aromatic hydroxyl groups is 1. The number of non-ortho nitro benzene ring substituents is 1. The molecule has 3 aromatic rings. The van der Waals surface area contributed by atoms with Gasteiger partial charge in [0, 0.05) is 49.4 Å². The second-order valence-electron chi connectivity index (χ2n) is 8.94. The van der Waals surface area contributed by atoms with E-state index in [0.717, 1.165) is 31.6 Å². The highest BCUT2D eigenvalue weighted by Gasteiger charge is 2.42. The molecule has 2 aliphatic heterocycles. The van der Waals surface area contributed by atoms with E-state index >= 15 is 0 Å². The lowest BCUT2D eigenvalue weighted by molar-refractivity contribution is -0.384. The van der Waals surface area contributed by atoms with Crippen LogP contribution in [0.25, 0.3) is 11.3 Å². The van der Waals surface area contributed by atoms with Crippen molar-refractivity contribution in [2.45, 2.75) is 19.4 Å². The number of carbonyl (C=O) groups is 1. The fourth-order valence-corrected chi connectivity index (χ4v) is 4.92. The molecule has 1 aromatic heterocycles. The average Bonchev–Trinajstić information content (AvgIpc) is 3.40. The number of nitrogens with zero attached hydrogens (tertiary/aromatic N) is 4. The minimum absolute atomic E-state index is 0.0416. The van der Waals surface area contributed by atoms with Crippen LogP contribution in [0.5, 0.6) is 5.75 Å². The van der Waals surface area contributed by atoms with Crippen LogP contribution in [-0.2, 0) is 4.74 Å². The lowest BCUT2D eigenvalue weighted by atomic mass is 9.94. The molecule has 35 heavy (non-hydrogen) atoms. The number of ether oxygens (including phenoxy) is 1. The Hall–Kier alpha value is -3.76. The number of hydrogen-bond acceptors (Lipinski definition) is 7. The molecule has 1 saturated heterocycles. The first-order valence-corrected chi connectivity index (χ1v) is 11.7. The molecule has 0 radical (unpaired) electrons. The third-order valence-electron chi connectivity index (χ3n) is 6.64. The van der Waals surface area contributed by atoms with E-state index in [-0.39, 0.29) is 17.3 Å². The monoisotopic (exact) mass is 477 g/mol. The van der Waals surface area contributed by atoms with Crippen molar-refractivity contribution in [2.75, 3.05) is 39.4 Å². The molecule has 1 unspecified atom stereocenters. The number of fused-ring (bicyclic) bond motifs is 1. The van der Waals surface area contributed by atoms with Crippen molar-refractivity contribution < 1.29 is 19.6 Å². The van der Waals surface area contributed by atoms with Crippen molar-refractivity contribution in [2.24, 2.45) is 0 Å². The van der Waals surface area contributed by atoms with Gasteiger partial charge >= 0.3 is 0 Å². The van der Waals surface area contributed by atoms with Crippen LogP contribution in [0.2, 0.25) is 0 Å². The SMILES string of the molecule is Cc1ccc(O)c(-c2n[nH]c3c2C(c2cccc([N+](=O)[O-])c2)N(CCCN2CCOCC2)C3=O)c1. The highest BCUT2D eigenvalue weighted by Crippen LogP contribution is 2.45. The lowest BCUT2D eigenvalue weighted by Crippen LogP contribution is -2.38. The van der Waals surface area contributed by atoms with E-state index in [1.54, 1.807) is 29.2 Å². The zero-order valence-corrected chi connectivity index (χ0v) is 19.4. The molecule has 5 rings (SSSR count). The molecule has 10 nitrogen and oxygen atoms in total. The predicted molar refractivity (Wildman–Crippen MR) is 128 cm³/mol. The number of aromatic amines is 1. The molecule has 2 aliphatic rings. The number of nitro groups is 1. The Balaban J connectivity index is 1.53. The van der Waals surface area contributed by atoms with E-state index in [2.05, 4.69) is 15.1 Å². The van der Waals surface area contributed by atoms with Gasteiger partial charge in [0.1, 0.15) is 17.1 Å². The number of hydrogen-bond donors (Lipinski definition) is 2. The number of H-pyrrole nitrogens is 1. The first-order chi connectivity index (χ1) is 16.9. The quantitative estimate of drug-likeness (QED) is 0.395. The Morgan fingerprint density at radius 2 is 2.00 bits per heavy atom. The van der Waals surface area contributed by atoms with E-state index in [1.807, 2.05) is 13.0 Å². The van der Waals surface area contributed by atoms with Crippen molar-refractivity contribution in [3.05, 3.63) is 75.0 Å². The lowest BCUT2D eigenvalue weighted by Gasteiger charge is -2.29. The number of aryl methyl sites for hydroxylation is 1. The summed E-state index contributed by atoms with van der Waals surface area (Å²) in [5.74, 6) is -0.148. The van der Waals surface area contributed by atoms with Gasteiger partial charge in [-0.3, -0.25) is 24.9 Å². The number of aromatic nitrogens is 2. The molecule has 0 bridgehead atoms. The summed E-state index contributed by atoms with van der Waals surface area (Å²) in [4.78, 5) is 28.6. The third-order valence-corrected chi connectivity index (χ3v) is 6.64. The standard InChI is InChI=1S/C25H27N5O5/c1-16-6-7-20(31)19(14-16)22-21-23(27-26-22)25(32)29(9-3-8-28-10-12-35-13-11-28)24(21)17-4-2-5-18(15-17)30(33)34/h2,4-7,14-15,24,31H,3,8-13H2,1H3,(H,26,27). The molecule has 0 spiro atoms.